The fourth-order valence-corrected chi connectivity index (χ4v) is 4.96. The Balaban J connectivity index is 1.54. The molecule has 4 aromatic rings. The Morgan fingerprint density at radius 3 is 2.44 bits per heavy atom. The average Bonchev–Trinajstić information content (AvgIpc) is 3.34. The standard InChI is InChI=1S/C30H27F3N4O2/c1-30(2)16-35-29(39)25-24(18-6-4-3-5-7-18)26(37-27(25)30)19-12-13-34-23(14-19)36-28(38)21(15-22(32)33)17-8-10-20(31)11-9-17/h3-14,21-22,37H,15-16H2,1-2H3,(H,35,39)(H,34,36,38)/t21-/m0/s1. The number of fused-ring (bicyclic) bond motifs is 1. The summed E-state index contributed by atoms with van der Waals surface area (Å²) >= 11 is 0. The maximum Gasteiger partial charge on any atom is 0.253 e. The number of aromatic amines is 1. The molecule has 0 bridgehead atoms. The molecule has 39 heavy (non-hydrogen) atoms. The summed E-state index contributed by atoms with van der Waals surface area (Å²) in [5.41, 5.74) is 4.18. The monoisotopic (exact) mass is 532 g/mol. The number of carbonyl (C=O) groups excluding carboxylic acids is 2. The number of aromatic nitrogens is 2. The number of hydrogen-bond acceptors (Lipinski definition) is 3. The lowest BCUT2D eigenvalue weighted by Gasteiger charge is -2.30. The highest BCUT2D eigenvalue weighted by Gasteiger charge is 2.37. The van der Waals surface area contributed by atoms with Crippen LogP contribution in [-0.2, 0) is 10.2 Å². The van der Waals surface area contributed by atoms with E-state index >= 15 is 0 Å². The van der Waals surface area contributed by atoms with Crippen molar-refractivity contribution in [2.24, 2.45) is 0 Å². The van der Waals surface area contributed by atoms with Crippen LogP contribution in [0.5, 0.6) is 0 Å². The fraction of sp³-hybridized carbons (Fsp3) is 0.233. The van der Waals surface area contributed by atoms with Gasteiger partial charge in [0.05, 0.1) is 17.2 Å². The first-order valence-electron chi connectivity index (χ1n) is 12.5. The van der Waals surface area contributed by atoms with E-state index in [4.69, 9.17) is 0 Å². The molecule has 5 rings (SSSR count). The van der Waals surface area contributed by atoms with Gasteiger partial charge in [-0.05, 0) is 35.4 Å². The zero-order valence-electron chi connectivity index (χ0n) is 21.4. The molecular formula is C30H27F3N4O2. The molecule has 6 nitrogen and oxygen atoms in total. The van der Waals surface area contributed by atoms with Gasteiger partial charge in [0.15, 0.2) is 0 Å². The van der Waals surface area contributed by atoms with E-state index in [0.29, 0.717) is 23.4 Å². The van der Waals surface area contributed by atoms with Gasteiger partial charge in [-0.25, -0.2) is 18.2 Å². The highest BCUT2D eigenvalue weighted by Crippen LogP contribution is 2.42. The predicted octanol–water partition coefficient (Wildman–Crippen LogP) is 6.28. The Hall–Kier alpha value is -4.40. The van der Waals surface area contributed by atoms with Crippen molar-refractivity contribution < 1.29 is 22.8 Å². The molecule has 9 heteroatoms. The van der Waals surface area contributed by atoms with Gasteiger partial charge < -0.3 is 15.6 Å². The molecule has 3 N–H and O–H groups in total. The van der Waals surface area contributed by atoms with E-state index in [1.165, 1.54) is 18.3 Å². The molecule has 1 aliphatic rings. The highest BCUT2D eigenvalue weighted by molar-refractivity contribution is 6.07. The number of anilines is 1. The summed E-state index contributed by atoms with van der Waals surface area (Å²) in [7, 11) is 0. The normalized spacial score (nSPS) is 15.0. The van der Waals surface area contributed by atoms with Crippen LogP contribution in [0.25, 0.3) is 22.4 Å². The summed E-state index contributed by atoms with van der Waals surface area (Å²) < 4.78 is 40.1. The van der Waals surface area contributed by atoms with Gasteiger partial charge in [-0.1, -0.05) is 56.3 Å². The highest BCUT2D eigenvalue weighted by atomic mass is 19.3. The van der Waals surface area contributed by atoms with Crippen molar-refractivity contribution in [3.63, 3.8) is 0 Å². The number of hydrogen-bond donors (Lipinski definition) is 3. The van der Waals surface area contributed by atoms with Crippen LogP contribution in [0.4, 0.5) is 19.0 Å². The second-order valence-corrected chi connectivity index (χ2v) is 10.2. The van der Waals surface area contributed by atoms with Gasteiger partial charge in [0.2, 0.25) is 12.3 Å². The minimum Gasteiger partial charge on any atom is -0.357 e. The molecule has 2 aromatic heterocycles. The summed E-state index contributed by atoms with van der Waals surface area (Å²) in [6.45, 7) is 4.55. The average molecular weight is 533 g/mol. The van der Waals surface area contributed by atoms with Gasteiger partial charge in [-0.15, -0.1) is 0 Å². The van der Waals surface area contributed by atoms with E-state index in [1.54, 1.807) is 12.1 Å². The van der Waals surface area contributed by atoms with Crippen LogP contribution in [-0.4, -0.2) is 34.8 Å². The number of amides is 2. The van der Waals surface area contributed by atoms with Crippen LogP contribution in [0.1, 0.15) is 47.8 Å². The van der Waals surface area contributed by atoms with Crippen LogP contribution in [0, 0.1) is 5.82 Å². The van der Waals surface area contributed by atoms with E-state index in [-0.39, 0.29) is 22.7 Å². The van der Waals surface area contributed by atoms with Crippen LogP contribution in [0.3, 0.4) is 0 Å². The molecule has 0 fully saturated rings. The molecule has 200 valence electrons. The molecule has 1 atom stereocenters. The molecule has 0 saturated carbocycles. The van der Waals surface area contributed by atoms with E-state index in [1.807, 2.05) is 44.2 Å². The third-order valence-electron chi connectivity index (χ3n) is 6.96. The van der Waals surface area contributed by atoms with Crippen molar-refractivity contribution in [1.82, 2.24) is 15.3 Å². The largest absolute Gasteiger partial charge is 0.357 e. The fourth-order valence-electron chi connectivity index (χ4n) is 4.96. The summed E-state index contributed by atoms with van der Waals surface area (Å²) in [4.78, 5) is 33.9. The van der Waals surface area contributed by atoms with Crippen LogP contribution in [0.15, 0.2) is 72.9 Å². The first-order chi connectivity index (χ1) is 18.6. The summed E-state index contributed by atoms with van der Waals surface area (Å²) in [6.07, 6.45) is -1.95. The van der Waals surface area contributed by atoms with Crippen LogP contribution < -0.4 is 10.6 Å². The Kier molecular flexibility index (Phi) is 6.99. The lowest BCUT2D eigenvalue weighted by molar-refractivity contribution is -0.118. The van der Waals surface area contributed by atoms with Gasteiger partial charge in [-0.2, -0.15) is 0 Å². The van der Waals surface area contributed by atoms with Crippen molar-refractivity contribution in [3.8, 4) is 22.4 Å². The maximum atomic E-state index is 13.4. The van der Waals surface area contributed by atoms with E-state index in [9.17, 15) is 22.8 Å². The van der Waals surface area contributed by atoms with Gasteiger partial charge >= 0.3 is 0 Å². The number of nitrogens with zero attached hydrogens (tertiary/aromatic N) is 1. The molecule has 1 aliphatic heterocycles. The smallest absolute Gasteiger partial charge is 0.253 e. The van der Waals surface area contributed by atoms with Crippen molar-refractivity contribution in [2.45, 2.75) is 38.0 Å². The molecule has 0 aliphatic carbocycles. The van der Waals surface area contributed by atoms with Gasteiger partial charge in [0.25, 0.3) is 5.91 Å². The number of benzene rings is 2. The van der Waals surface area contributed by atoms with E-state index in [2.05, 4.69) is 20.6 Å². The molecule has 2 amide bonds. The summed E-state index contributed by atoms with van der Waals surface area (Å²) in [5, 5.41) is 5.62. The molecular weight excluding hydrogens is 505 g/mol. The Labute approximate surface area is 223 Å². The van der Waals surface area contributed by atoms with Crippen molar-refractivity contribution in [2.75, 3.05) is 11.9 Å². The Morgan fingerprint density at radius 2 is 1.74 bits per heavy atom. The first-order valence-corrected chi connectivity index (χ1v) is 12.5. The van der Waals surface area contributed by atoms with Crippen molar-refractivity contribution in [3.05, 3.63) is 95.6 Å². The number of nitrogens with one attached hydrogen (secondary N) is 3. The number of halogens is 3. The zero-order chi connectivity index (χ0) is 27.7. The second kappa shape index (κ2) is 10.4. The SMILES string of the molecule is CC1(C)CNC(=O)c2c1[nH]c(-c1ccnc(NC(=O)[C@@H](CC(F)F)c3ccc(F)cc3)c1)c2-c1ccccc1. The second-order valence-electron chi connectivity index (χ2n) is 10.2. The summed E-state index contributed by atoms with van der Waals surface area (Å²) in [6, 6.07) is 17.8. The quantitative estimate of drug-likeness (QED) is 0.262. The molecule has 3 heterocycles. The minimum atomic E-state index is -2.74. The van der Waals surface area contributed by atoms with Gasteiger partial charge in [0, 0.05) is 41.4 Å². The number of alkyl halides is 2. The maximum absolute atomic E-state index is 13.4. The Bertz CT molecular complexity index is 1520. The third kappa shape index (κ3) is 5.30. The molecule has 0 saturated heterocycles. The van der Waals surface area contributed by atoms with Crippen LogP contribution >= 0.6 is 0 Å². The van der Waals surface area contributed by atoms with E-state index < -0.39 is 30.5 Å². The number of pyridine rings is 1. The predicted molar refractivity (Wildman–Crippen MR) is 143 cm³/mol. The topological polar surface area (TPSA) is 86.9 Å². The lowest BCUT2D eigenvalue weighted by atomic mass is 9.82. The number of H-pyrrole nitrogens is 1. The number of carbonyl (C=O) groups is 2. The minimum absolute atomic E-state index is 0.161. The van der Waals surface area contributed by atoms with Gasteiger partial charge in [0.1, 0.15) is 11.6 Å². The van der Waals surface area contributed by atoms with E-state index in [0.717, 1.165) is 29.0 Å². The zero-order valence-corrected chi connectivity index (χ0v) is 21.4. The van der Waals surface area contributed by atoms with Crippen molar-refractivity contribution in [1.29, 1.82) is 0 Å². The third-order valence-corrected chi connectivity index (χ3v) is 6.96. The lowest BCUT2D eigenvalue weighted by Crippen LogP contribution is -2.43. The Morgan fingerprint density at radius 1 is 1.03 bits per heavy atom. The molecule has 0 unspecified atom stereocenters. The van der Waals surface area contributed by atoms with Crippen molar-refractivity contribution >= 4 is 17.6 Å². The number of rotatable bonds is 7. The van der Waals surface area contributed by atoms with Crippen LogP contribution in [0.2, 0.25) is 0 Å². The first kappa shape index (κ1) is 26.2. The molecule has 0 radical (unpaired) electrons. The van der Waals surface area contributed by atoms with Gasteiger partial charge in [-0.3, -0.25) is 9.59 Å². The molecule has 0 spiro atoms. The summed E-state index contributed by atoms with van der Waals surface area (Å²) in [5.74, 6) is -2.42. The molecule has 2 aromatic carbocycles.